The molecule has 0 spiro atoms. The zero-order chi connectivity index (χ0) is 14.9. The minimum atomic E-state index is -1.10. The first-order valence-electron chi connectivity index (χ1n) is 5.71. The second kappa shape index (κ2) is 5.12. The molecule has 1 aromatic heterocycles. The maximum atomic E-state index is 13.3. The van der Waals surface area contributed by atoms with Crippen LogP contribution >= 0.6 is 0 Å². The molecule has 0 bridgehead atoms. The fourth-order valence-corrected chi connectivity index (χ4v) is 2.03. The number of rotatable bonds is 4. The van der Waals surface area contributed by atoms with Crippen LogP contribution in [0, 0.1) is 22.9 Å². The van der Waals surface area contributed by atoms with Gasteiger partial charge in [-0.2, -0.15) is 0 Å². The van der Waals surface area contributed by atoms with Gasteiger partial charge in [-0.25, -0.2) is 9.18 Å². The Bertz CT molecular complexity index is 694. The average Bonchev–Trinajstić information content (AvgIpc) is 2.69. The molecule has 0 radical (unpaired) electrons. The molecule has 7 heteroatoms. The van der Waals surface area contributed by atoms with E-state index in [0.29, 0.717) is 11.1 Å². The molecule has 0 fully saturated rings. The van der Waals surface area contributed by atoms with Crippen molar-refractivity contribution in [3.63, 3.8) is 0 Å². The molecule has 0 amide bonds. The normalized spacial score (nSPS) is 10.5. The summed E-state index contributed by atoms with van der Waals surface area (Å²) in [6, 6.07) is 4.82. The molecule has 0 saturated carbocycles. The fourth-order valence-electron chi connectivity index (χ4n) is 2.03. The Morgan fingerprint density at radius 2 is 2.15 bits per heavy atom. The highest BCUT2D eigenvalue weighted by Crippen LogP contribution is 2.19. The third-order valence-electron chi connectivity index (χ3n) is 2.87. The minimum Gasteiger partial charge on any atom is -0.477 e. The highest BCUT2D eigenvalue weighted by molar-refractivity contribution is 5.87. The smallest absolute Gasteiger partial charge is 0.352 e. The third-order valence-corrected chi connectivity index (χ3v) is 2.87. The van der Waals surface area contributed by atoms with Crippen LogP contribution in [0.5, 0.6) is 0 Å². The number of carbonyl (C=O) groups is 1. The molecule has 2 aromatic rings. The van der Waals surface area contributed by atoms with E-state index < -0.39 is 16.7 Å². The molecule has 1 N–H and O–H groups in total. The van der Waals surface area contributed by atoms with Gasteiger partial charge in [-0.15, -0.1) is 0 Å². The van der Waals surface area contributed by atoms with Crippen LogP contribution in [0.3, 0.4) is 0 Å². The number of hydrogen-bond donors (Lipinski definition) is 1. The van der Waals surface area contributed by atoms with Crippen LogP contribution in [0.15, 0.2) is 30.5 Å². The van der Waals surface area contributed by atoms with Crippen molar-refractivity contribution in [3.8, 4) is 0 Å². The Labute approximate surface area is 113 Å². The van der Waals surface area contributed by atoms with Crippen LogP contribution in [-0.2, 0) is 6.54 Å². The maximum Gasteiger partial charge on any atom is 0.352 e. The van der Waals surface area contributed by atoms with Crippen molar-refractivity contribution in [1.82, 2.24) is 4.57 Å². The predicted octanol–water partition coefficient (Wildman–Crippen LogP) is 2.59. The molecule has 1 heterocycles. The Hall–Kier alpha value is -2.70. The first-order valence-corrected chi connectivity index (χ1v) is 5.71. The van der Waals surface area contributed by atoms with Crippen LogP contribution < -0.4 is 0 Å². The van der Waals surface area contributed by atoms with Crippen molar-refractivity contribution in [2.45, 2.75) is 13.5 Å². The van der Waals surface area contributed by atoms with E-state index in [0.717, 1.165) is 12.1 Å². The van der Waals surface area contributed by atoms with E-state index in [-0.39, 0.29) is 17.9 Å². The van der Waals surface area contributed by atoms with Gasteiger partial charge in [0.1, 0.15) is 11.5 Å². The molecule has 0 aliphatic rings. The number of halogens is 1. The molecule has 0 aliphatic carbocycles. The molecule has 2 rings (SSSR count). The van der Waals surface area contributed by atoms with Crippen molar-refractivity contribution in [1.29, 1.82) is 0 Å². The lowest BCUT2D eigenvalue weighted by Crippen LogP contribution is -2.10. The molecule has 1 aromatic carbocycles. The van der Waals surface area contributed by atoms with Crippen LogP contribution in [0.4, 0.5) is 10.1 Å². The highest BCUT2D eigenvalue weighted by atomic mass is 19.1. The number of hydrogen-bond acceptors (Lipinski definition) is 3. The van der Waals surface area contributed by atoms with Gasteiger partial charge in [0.2, 0.25) is 0 Å². The predicted molar refractivity (Wildman–Crippen MR) is 68.3 cm³/mol. The van der Waals surface area contributed by atoms with Gasteiger partial charge in [-0.1, -0.05) is 0 Å². The van der Waals surface area contributed by atoms with E-state index in [4.69, 9.17) is 5.11 Å². The van der Waals surface area contributed by atoms with E-state index in [1.165, 1.54) is 10.6 Å². The number of aryl methyl sites for hydroxylation is 1. The van der Waals surface area contributed by atoms with E-state index in [9.17, 15) is 19.3 Å². The SMILES string of the molecule is Cc1ccn(Cc2cc(F)cc([N+](=O)[O-])c2)c1C(=O)O. The van der Waals surface area contributed by atoms with Crippen molar-refractivity contribution >= 4 is 11.7 Å². The van der Waals surface area contributed by atoms with Crippen LogP contribution in [0.25, 0.3) is 0 Å². The van der Waals surface area contributed by atoms with Crippen LogP contribution in [0.1, 0.15) is 21.6 Å². The fraction of sp³-hybridized carbons (Fsp3) is 0.154. The van der Waals surface area contributed by atoms with Gasteiger partial charge in [0, 0.05) is 18.8 Å². The second-order valence-corrected chi connectivity index (χ2v) is 4.36. The first-order chi connectivity index (χ1) is 9.38. The number of aromatic carboxylic acids is 1. The van der Waals surface area contributed by atoms with E-state index >= 15 is 0 Å². The number of nitro benzene ring substituents is 1. The zero-order valence-corrected chi connectivity index (χ0v) is 10.5. The van der Waals surface area contributed by atoms with Gasteiger partial charge in [0.15, 0.2) is 0 Å². The van der Waals surface area contributed by atoms with Gasteiger partial charge in [0.25, 0.3) is 5.69 Å². The number of carboxylic acids is 1. The van der Waals surface area contributed by atoms with Crippen molar-refractivity contribution in [3.05, 3.63) is 63.2 Å². The van der Waals surface area contributed by atoms with E-state index in [1.807, 2.05) is 0 Å². The average molecular weight is 278 g/mol. The van der Waals surface area contributed by atoms with Gasteiger partial charge < -0.3 is 9.67 Å². The Morgan fingerprint density at radius 3 is 2.75 bits per heavy atom. The lowest BCUT2D eigenvalue weighted by Gasteiger charge is -2.07. The summed E-state index contributed by atoms with van der Waals surface area (Å²) in [6.07, 6.45) is 1.55. The first kappa shape index (κ1) is 13.7. The summed E-state index contributed by atoms with van der Waals surface area (Å²) in [5.74, 6) is -1.83. The molecule has 0 unspecified atom stereocenters. The van der Waals surface area contributed by atoms with E-state index in [1.54, 1.807) is 19.2 Å². The Balaban J connectivity index is 2.40. The van der Waals surface area contributed by atoms with Gasteiger partial charge in [-0.05, 0) is 30.2 Å². The largest absolute Gasteiger partial charge is 0.477 e. The Kier molecular flexibility index (Phi) is 3.51. The summed E-state index contributed by atoms with van der Waals surface area (Å²) in [4.78, 5) is 21.1. The highest BCUT2D eigenvalue weighted by Gasteiger charge is 2.15. The van der Waals surface area contributed by atoms with Gasteiger partial charge in [0.05, 0.1) is 11.0 Å². The van der Waals surface area contributed by atoms with Crippen LogP contribution in [-0.4, -0.2) is 20.6 Å². The van der Waals surface area contributed by atoms with Crippen molar-refractivity contribution in [2.75, 3.05) is 0 Å². The molecule has 0 atom stereocenters. The standard InChI is InChI=1S/C13H11FN2O4/c1-8-2-3-15(12(8)13(17)18)7-9-4-10(14)6-11(5-9)16(19)20/h2-6H,7H2,1H3,(H,17,18). The summed E-state index contributed by atoms with van der Waals surface area (Å²) in [7, 11) is 0. The Morgan fingerprint density at radius 1 is 1.45 bits per heavy atom. The lowest BCUT2D eigenvalue weighted by atomic mass is 10.2. The topological polar surface area (TPSA) is 85.4 Å². The summed E-state index contributed by atoms with van der Waals surface area (Å²) < 4.78 is 14.7. The van der Waals surface area contributed by atoms with Crippen molar-refractivity contribution < 1.29 is 19.2 Å². The minimum absolute atomic E-state index is 0.0497. The second-order valence-electron chi connectivity index (χ2n) is 4.36. The number of nitro groups is 1. The maximum absolute atomic E-state index is 13.3. The molecule has 104 valence electrons. The summed E-state index contributed by atoms with van der Waals surface area (Å²) in [5.41, 5.74) is 0.621. The van der Waals surface area contributed by atoms with Crippen molar-refractivity contribution in [2.24, 2.45) is 0 Å². The molecule has 20 heavy (non-hydrogen) atoms. The van der Waals surface area contributed by atoms with Gasteiger partial charge >= 0.3 is 5.97 Å². The van der Waals surface area contributed by atoms with Gasteiger partial charge in [-0.3, -0.25) is 10.1 Å². The molecule has 0 saturated heterocycles. The summed E-state index contributed by atoms with van der Waals surface area (Å²) in [6.45, 7) is 1.70. The monoisotopic (exact) mass is 278 g/mol. The quantitative estimate of drug-likeness (QED) is 0.688. The number of aromatic nitrogens is 1. The summed E-state index contributed by atoms with van der Waals surface area (Å²) in [5, 5.41) is 19.8. The number of carboxylic acid groups (broad SMARTS) is 1. The number of nitrogens with zero attached hydrogens (tertiary/aromatic N) is 2. The molecular formula is C13H11FN2O4. The summed E-state index contributed by atoms with van der Waals surface area (Å²) >= 11 is 0. The van der Waals surface area contributed by atoms with E-state index in [2.05, 4.69) is 0 Å². The molecular weight excluding hydrogens is 267 g/mol. The molecule has 0 aliphatic heterocycles. The zero-order valence-electron chi connectivity index (χ0n) is 10.5. The third kappa shape index (κ3) is 2.66. The number of non-ortho nitro benzene ring substituents is 1. The lowest BCUT2D eigenvalue weighted by molar-refractivity contribution is -0.385. The molecule has 6 nitrogen and oxygen atoms in total. The number of benzene rings is 1. The van der Waals surface area contributed by atoms with Crippen LogP contribution in [0.2, 0.25) is 0 Å².